The van der Waals surface area contributed by atoms with Crippen LogP contribution in [0.1, 0.15) is 11.7 Å². The Morgan fingerprint density at radius 3 is 2.00 bits per heavy atom. The third-order valence-electron chi connectivity index (χ3n) is 1.45. The van der Waals surface area contributed by atoms with Gasteiger partial charge in [0, 0.05) is 5.02 Å². The molecular weight excluding hydrogens is 218 g/mol. The van der Waals surface area contributed by atoms with Crippen LogP contribution in [0, 0.1) is 0 Å². The van der Waals surface area contributed by atoms with Crippen molar-refractivity contribution in [3.8, 4) is 0 Å². The molecule has 0 aliphatic heterocycles. The number of alkyl halides is 2. The molecular formula is C8H7Cl3O. The van der Waals surface area contributed by atoms with E-state index in [4.69, 9.17) is 34.8 Å². The predicted octanol–water partition coefficient (Wildman–Crippen LogP) is 3.18. The summed E-state index contributed by atoms with van der Waals surface area (Å²) >= 11 is 16.6. The summed E-state index contributed by atoms with van der Waals surface area (Å²) in [7, 11) is 0. The lowest BCUT2D eigenvalue weighted by atomic mass is 10.1. The molecule has 0 aromatic heterocycles. The molecule has 0 radical (unpaired) electrons. The van der Waals surface area contributed by atoms with Crippen LogP contribution in [-0.4, -0.2) is 9.94 Å². The first-order valence-electron chi connectivity index (χ1n) is 3.33. The SMILES string of the molecule is OC(c1ccc(Cl)cc1)C(Cl)Cl. The maximum atomic E-state index is 9.38. The van der Waals surface area contributed by atoms with E-state index in [-0.39, 0.29) is 0 Å². The summed E-state index contributed by atoms with van der Waals surface area (Å²) in [5, 5.41) is 10.00. The molecule has 0 aliphatic rings. The fraction of sp³-hybridized carbons (Fsp3) is 0.250. The Labute approximate surface area is 85.9 Å². The fourth-order valence-corrected chi connectivity index (χ4v) is 1.22. The molecule has 0 bridgehead atoms. The summed E-state index contributed by atoms with van der Waals surface area (Å²) in [6.45, 7) is 0. The molecule has 0 fully saturated rings. The first kappa shape index (κ1) is 10.1. The van der Waals surface area contributed by atoms with Crippen LogP contribution in [0.15, 0.2) is 24.3 Å². The number of rotatable bonds is 2. The van der Waals surface area contributed by atoms with E-state index in [0.29, 0.717) is 10.6 Å². The average Bonchev–Trinajstić information content (AvgIpc) is 2.04. The molecule has 0 saturated carbocycles. The van der Waals surface area contributed by atoms with Gasteiger partial charge in [-0.05, 0) is 17.7 Å². The van der Waals surface area contributed by atoms with E-state index in [2.05, 4.69) is 0 Å². The van der Waals surface area contributed by atoms with E-state index in [1.807, 2.05) is 0 Å². The van der Waals surface area contributed by atoms with E-state index < -0.39 is 10.9 Å². The molecule has 1 rings (SSSR count). The van der Waals surface area contributed by atoms with Crippen molar-refractivity contribution in [3.05, 3.63) is 34.9 Å². The minimum Gasteiger partial charge on any atom is -0.386 e. The smallest absolute Gasteiger partial charge is 0.137 e. The molecule has 0 amide bonds. The average molecular weight is 226 g/mol. The molecule has 1 aromatic rings. The molecule has 1 unspecified atom stereocenters. The Morgan fingerprint density at radius 1 is 1.08 bits per heavy atom. The van der Waals surface area contributed by atoms with Gasteiger partial charge in [0.2, 0.25) is 0 Å². The summed E-state index contributed by atoms with van der Waals surface area (Å²) in [6, 6.07) is 6.72. The van der Waals surface area contributed by atoms with E-state index in [0.717, 1.165) is 0 Å². The monoisotopic (exact) mass is 224 g/mol. The second-order valence-corrected chi connectivity index (χ2v) is 3.93. The Morgan fingerprint density at radius 2 is 1.58 bits per heavy atom. The molecule has 4 heteroatoms. The van der Waals surface area contributed by atoms with Crippen molar-refractivity contribution >= 4 is 34.8 Å². The van der Waals surface area contributed by atoms with Gasteiger partial charge in [-0.3, -0.25) is 0 Å². The summed E-state index contributed by atoms with van der Waals surface area (Å²) in [5.41, 5.74) is 0.661. The quantitative estimate of drug-likeness (QED) is 0.767. The number of hydrogen-bond donors (Lipinski definition) is 1. The normalized spacial score (nSPS) is 13.4. The van der Waals surface area contributed by atoms with E-state index in [1.54, 1.807) is 24.3 Å². The first-order chi connectivity index (χ1) is 5.61. The minimum absolute atomic E-state index is 0.617. The molecule has 1 nitrogen and oxygen atoms in total. The summed E-state index contributed by atoms with van der Waals surface area (Å²) < 4.78 is 0. The van der Waals surface area contributed by atoms with Crippen molar-refractivity contribution in [2.24, 2.45) is 0 Å². The lowest BCUT2D eigenvalue weighted by molar-refractivity contribution is 0.193. The minimum atomic E-state index is -0.856. The second-order valence-electron chi connectivity index (χ2n) is 2.33. The van der Waals surface area contributed by atoms with Crippen molar-refractivity contribution in [3.63, 3.8) is 0 Å². The molecule has 1 aromatic carbocycles. The van der Waals surface area contributed by atoms with Crippen LogP contribution in [0.3, 0.4) is 0 Å². The largest absolute Gasteiger partial charge is 0.386 e. The third-order valence-corrected chi connectivity index (χ3v) is 2.18. The zero-order valence-corrected chi connectivity index (χ0v) is 8.31. The molecule has 0 saturated heterocycles. The van der Waals surface area contributed by atoms with E-state index in [1.165, 1.54) is 0 Å². The molecule has 12 heavy (non-hydrogen) atoms. The highest BCUT2D eigenvalue weighted by atomic mass is 35.5. The van der Waals surface area contributed by atoms with Crippen LogP contribution in [0.25, 0.3) is 0 Å². The van der Waals surface area contributed by atoms with Crippen LogP contribution in [0.5, 0.6) is 0 Å². The maximum Gasteiger partial charge on any atom is 0.137 e. The van der Waals surface area contributed by atoms with Crippen molar-refractivity contribution < 1.29 is 5.11 Å². The molecule has 1 atom stereocenters. The second kappa shape index (κ2) is 4.33. The standard InChI is InChI=1S/C8H7Cl3O/c9-6-3-1-5(2-4-6)7(12)8(10)11/h1-4,7-8,12H. The number of hydrogen-bond acceptors (Lipinski definition) is 1. The highest BCUT2D eigenvalue weighted by Gasteiger charge is 2.14. The third kappa shape index (κ3) is 2.53. The number of aliphatic hydroxyl groups excluding tert-OH is 1. The van der Waals surface area contributed by atoms with Gasteiger partial charge in [-0.2, -0.15) is 0 Å². The summed E-state index contributed by atoms with van der Waals surface area (Å²) in [6.07, 6.45) is -0.856. The summed E-state index contributed by atoms with van der Waals surface area (Å²) in [5.74, 6) is 0. The highest BCUT2D eigenvalue weighted by Crippen LogP contribution is 2.24. The van der Waals surface area contributed by atoms with Gasteiger partial charge in [0.15, 0.2) is 0 Å². The molecule has 0 aliphatic carbocycles. The number of benzene rings is 1. The van der Waals surface area contributed by atoms with Crippen LogP contribution in [0.2, 0.25) is 5.02 Å². The molecule has 0 spiro atoms. The van der Waals surface area contributed by atoms with Gasteiger partial charge < -0.3 is 5.11 Å². The first-order valence-corrected chi connectivity index (χ1v) is 4.58. The maximum absolute atomic E-state index is 9.38. The van der Waals surface area contributed by atoms with Crippen LogP contribution in [0.4, 0.5) is 0 Å². The van der Waals surface area contributed by atoms with Gasteiger partial charge in [0.05, 0.1) is 0 Å². The fourth-order valence-electron chi connectivity index (χ4n) is 0.805. The Hall–Kier alpha value is 0.0500. The van der Waals surface area contributed by atoms with Crippen molar-refractivity contribution in [2.45, 2.75) is 10.9 Å². The van der Waals surface area contributed by atoms with Crippen molar-refractivity contribution in [2.75, 3.05) is 0 Å². The van der Waals surface area contributed by atoms with Crippen molar-refractivity contribution in [1.82, 2.24) is 0 Å². The zero-order chi connectivity index (χ0) is 9.14. The highest BCUT2D eigenvalue weighted by molar-refractivity contribution is 6.44. The van der Waals surface area contributed by atoms with Crippen LogP contribution < -0.4 is 0 Å². The lowest BCUT2D eigenvalue weighted by Gasteiger charge is -2.10. The van der Waals surface area contributed by atoms with E-state index >= 15 is 0 Å². The number of halogens is 3. The van der Waals surface area contributed by atoms with Gasteiger partial charge in [-0.1, -0.05) is 23.7 Å². The van der Waals surface area contributed by atoms with Crippen LogP contribution in [-0.2, 0) is 0 Å². The predicted molar refractivity (Wildman–Crippen MR) is 51.9 cm³/mol. The van der Waals surface area contributed by atoms with E-state index in [9.17, 15) is 5.11 Å². The molecule has 0 heterocycles. The topological polar surface area (TPSA) is 20.2 Å². The Kier molecular flexibility index (Phi) is 3.66. The van der Waals surface area contributed by atoms with Gasteiger partial charge in [0.25, 0.3) is 0 Å². The van der Waals surface area contributed by atoms with Gasteiger partial charge >= 0.3 is 0 Å². The van der Waals surface area contributed by atoms with Gasteiger partial charge in [-0.15, -0.1) is 23.2 Å². The molecule has 1 N–H and O–H groups in total. The van der Waals surface area contributed by atoms with Crippen molar-refractivity contribution in [1.29, 1.82) is 0 Å². The number of aliphatic hydroxyl groups is 1. The van der Waals surface area contributed by atoms with Crippen LogP contribution >= 0.6 is 34.8 Å². The Balaban J connectivity index is 2.82. The Bertz CT molecular complexity index is 245. The lowest BCUT2D eigenvalue weighted by Crippen LogP contribution is -2.05. The summed E-state index contributed by atoms with van der Waals surface area (Å²) in [4.78, 5) is -0.814. The van der Waals surface area contributed by atoms with Gasteiger partial charge in [-0.25, -0.2) is 0 Å². The molecule has 66 valence electrons. The van der Waals surface area contributed by atoms with Gasteiger partial charge in [0.1, 0.15) is 10.9 Å². The zero-order valence-electron chi connectivity index (χ0n) is 6.05.